The Morgan fingerprint density at radius 3 is 2.32 bits per heavy atom. The van der Waals surface area contributed by atoms with Gasteiger partial charge >= 0.3 is 6.18 Å². The van der Waals surface area contributed by atoms with Gasteiger partial charge in [0.15, 0.2) is 18.3 Å². The van der Waals surface area contributed by atoms with E-state index in [1.54, 1.807) is 18.2 Å². The van der Waals surface area contributed by atoms with Crippen LogP contribution in [0.25, 0.3) is 10.8 Å². The molecular weight excluding hydrogens is 261 g/mol. The van der Waals surface area contributed by atoms with E-state index in [1.165, 1.54) is 6.07 Å². The van der Waals surface area contributed by atoms with Crippen molar-refractivity contribution in [2.45, 2.75) is 6.18 Å². The van der Waals surface area contributed by atoms with Gasteiger partial charge in [0.25, 0.3) is 0 Å². The first-order valence-electron chi connectivity index (χ1n) is 5.45. The summed E-state index contributed by atoms with van der Waals surface area (Å²) in [5.74, 6) is -0.0600. The molecule has 2 aromatic carbocycles. The van der Waals surface area contributed by atoms with Gasteiger partial charge in [-0.25, -0.2) is 0 Å². The molecule has 0 amide bonds. The Labute approximate surface area is 107 Å². The summed E-state index contributed by atoms with van der Waals surface area (Å²) in [4.78, 5) is 0. The molecule has 0 aliphatic heterocycles. The highest BCUT2D eigenvalue weighted by atomic mass is 19.4. The Morgan fingerprint density at radius 2 is 1.68 bits per heavy atom. The molecule has 2 aromatic rings. The zero-order chi connectivity index (χ0) is 13.9. The van der Waals surface area contributed by atoms with E-state index in [2.05, 4.69) is 4.74 Å². The topological polar surface area (TPSA) is 38.7 Å². The first kappa shape index (κ1) is 13.5. The minimum Gasteiger partial charge on any atom is -0.504 e. The van der Waals surface area contributed by atoms with Crippen molar-refractivity contribution in [3.8, 4) is 11.5 Å². The molecule has 0 saturated carbocycles. The van der Waals surface area contributed by atoms with Crippen LogP contribution in [0.4, 0.5) is 13.2 Å². The maximum Gasteiger partial charge on any atom is 0.411 e. The van der Waals surface area contributed by atoms with Gasteiger partial charge < -0.3 is 14.6 Å². The van der Waals surface area contributed by atoms with Gasteiger partial charge in [0, 0.05) is 0 Å². The summed E-state index contributed by atoms with van der Waals surface area (Å²) in [7, 11) is 0. The lowest BCUT2D eigenvalue weighted by Crippen LogP contribution is -2.19. The molecule has 0 aliphatic carbocycles. The van der Waals surface area contributed by atoms with Crippen molar-refractivity contribution in [3.05, 3.63) is 36.4 Å². The minimum atomic E-state index is -4.39. The largest absolute Gasteiger partial charge is 0.504 e. The summed E-state index contributed by atoms with van der Waals surface area (Å²) in [6.07, 6.45) is -4.39. The van der Waals surface area contributed by atoms with Gasteiger partial charge in [-0.3, -0.25) is 0 Å². The van der Waals surface area contributed by atoms with E-state index < -0.39 is 19.6 Å². The fourth-order valence-corrected chi connectivity index (χ4v) is 1.59. The van der Waals surface area contributed by atoms with Gasteiger partial charge in [0.2, 0.25) is 0 Å². The second-order valence-electron chi connectivity index (χ2n) is 3.89. The van der Waals surface area contributed by atoms with Crippen molar-refractivity contribution < 1.29 is 27.8 Å². The number of rotatable bonds is 4. The fraction of sp³-hybridized carbons (Fsp3) is 0.231. The number of halogens is 3. The number of phenolic OH excluding ortho intramolecular Hbond substituents is 1. The van der Waals surface area contributed by atoms with E-state index >= 15 is 0 Å². The number of benzene rings is 2. The summed E-state index contributed by atoms with van der Waals surface area (Å²) in [6, 6.07) is 10.3. The monoisotopic (exact) mass is 272 g/mol. The predicted octanol–water partition coefficient (Wildman–Crippen LogP) is 3.46. The number of alkyl halides is 3. The molecule has 0 fully saturated rings. The fourth-order valence-electron chi connectivity index (χ4n) is 1.59. The number of ether oxygens (including phenoxy) is 2. The predicted molar refractivity (Wildman–Crippen MR) is 63.1 cm³/mol. The molecule has 19 heavy (non-hydrogen) atoms. The number of phenols is 1. The standard InChI is InChI=1S/C13H11F3O3/c14-13(15,16)7-18-8-19-12-6-10-4-2-1-3-9(10)5-11(12)17/h1-6,17H,7-8H2. The molecule has 0 aromatic heterocycles. The van der Waals surface area contributed by atoms with Crippen molar-refractivity contribution in [3.63, 3.8) is 0 Å². The van der Waals surface area contributed by atoms with E-state index in [-0.39, 0.29) is 11.5 Å². The highest BCUT2D eigenvalue weighted by Crippen LogP contribution is 2.31. The normalized spacial score (nSPS) is 11.7. The lowest BCUT2D eigenvalue weighted by atomic mass is 10.1. The molecule has 3 nitrogen and oxygen atoms in total. The van der Waals surface area contributed by atoms with Gasteiger partial charge in [0.1, 0.15) is 6.61 Å². The quantitative estimate of drug-likeness (QED) is 0.684. The average molecular weight is 272 g/mol. The van der Waals surface area contributed by atoms with Gasteiger partial charge in [0.05, 0.1) is 0 Å². The first-order valence-corrected chi connectivity index (χ1v) is 5.45. The van der Waals surface area contributed by atoms with E-state index in [0.29, 0.717) is 0 Å². The van der Waals surface area contributed by atoms with Crippen molar-refractivity contribution in [2.24, 2.45) is 0 Å². The van der Waals surface area contributed by atoms with Crippen LogP contribution in [0.3, 0.4) is 0 Å². The van der Waals surface area contributed by atoms with Gasteiger partial charge in [-0.2, -0.15) is 13.2 Å². The van der Waals surface area contributed by atoms with Crippen molar-refractivity contribution >= 4 is 10.8 Å². The van der Waals surface area contributed by atoms with Gasteiger partial charge in [-0.15, -0.1) is 0 Å². The van der Waals surface area contributed by atoms with Crippen molar-refractivity contribution in [1.29, 1.82) is 0 Å². The van der Waals surface area contributed by atoms with Crippen LogP contribution >= 0.6 is 0 Å². The maximum absolute atomic E-state index is 11.8. The molecule has 0 spiro atoms. The third-order valence-electron chi connectivity index (χ3n) is 2.39. The Balaban J connectivity index is 2.02. The van der Waals surface area contributed by atoms with Crippen LogP contribution in [0.15, 0.2) is 36.4 Å². The van der Waals surface area contributed by atoms with Gasteiger partial charge in [-0.1, -0.05) is 24.3 Å². The highest BCUT2D eigenvalue weighted by molar-refractivity contribution is 5.85. The van der Waals surface area contributed by atoms with Crippen LogP contribution in [0.5, 0.6) is 11.5 Å². The molecule has 0 saturated heterocycles. The van der Waals surface area contributed by atoms with Crippen LogP contribution in [-0.4, -0.2) is 24.7 Å². The second-order valence-corrected chi connectivity index (χ2v) is 3.89. The van der Waals surface area contributed by atoms with Crippen LogP contribution in [-0.2, 0) is 4.74 Å². The van der Waals surface area contributed by atoms with E-state index in [0.717, 1.165) is 10.8 Å². The van der Waals surface area contributed by atoms with Crippen LogP contribution in [0, 0.1) is 0 Å². The van der Waals surface area contributed by atoms with E-state index in [1.807, 2.05) is 12.1 Å². The van der Waals surface area contributed by atoms with Gasteiger partial charge in [-0.05, 0) is 22.9 Å². The molecule has 0 heterocycles. The second kappa shape index (κ2) is 5.36. The van der Waals surface area contributed by atoms with Crippen molar-refractivity contribution in [1.82, 2.24) is 0 Å². The number of fused-ring (bicyclic) bond motifs is 1. The highest BCUT2D eigenvalue weighted by Gasteiger charge is 2.27. The molecule has 0 bridgehead atoms. The Kier molecular flexibility index (Phi) is 3.80. The zero-order valence-corrected chi connectivity index (χ0v) is 9.78. The molecular formula is C13H11F3O3. The first-order chi connectivity index (χ1) is 8.96. The zero-order valence-electron chi connectivity index (χ0n) is 9.78. The molecule has 0 aliphatic rings. The Hall–Kier alpha value is -1.95. The molecule has 2 rings (SSSR count). The Morgan fingerprint density at radius 1 is 1.05 bits per heavy atom. The summed E-state index contributed by atoms with van der Waals surface area (Å²) in [5, 5.41) is 11.3. The summed E-state index contributed by atoms with van der Waals surface area (Å²) >= 11 is 0. The van der Waals surface area contributed by atoms with Crippen molar-refractivity contribution in [2.75, 3.05) is 13.4 Å². The minimum absolute atomic E-state index is 0.0841. The third kappa shape index (κ3) is 3.75. The molecule has 0 unspecified atom stereocenters. The summed E-state index contributed by atoms with van der Waals surface area (Å²) in [5.41, 5.74) is 0. The lowest BCUT2D eigenvalue weighted by molar-refractivity contribution is -0.186. The number of hydrogen-bond acceptors (Lipinski definition) is 3. The molecule has 0 radical (unpaired) electrons. The number of aromatic hydroxyl groups is 1. The van der Waals surface area contributed by atoms with Crippen LogP contribution in [0.2, 0.25) is 0 Å². The molecule has 6 heteroatoms. The van der Waals surface area contributed by atoms with Crippen LogP contribution in [0.1, 0.15) is 0 Å². The van der Waals surface area contributed by atoms with Crippen LogP contribution < -0.4 is 4.74 Å². The third-order valence-corrected chi connectivity index (χ3v) is 2.39. The van der Waals surface area contributed by atoms with E-state index in [9.17, 15) is 18.3 Å². The number of hydrogen-bond donors (Lipinski definition) is 1. The average Bonchev–Trinajstić information content (AvgIpc) is 2.33. The smallest absolute Gasteiger partial charge is 0.411 e. The van der Waals surface area contributed by atoms with E-state index in [4.69, 9.17) is 4.74 Å². The molecule has 102 valence electrons. The molecule has 1 N–H and O–H groups in total. The summed E-state index contributed by atoms with van der Waals surface area (Å²) in [6.45, 7) is -1.97. The maximum atomic E-state index is 11.8. The lowest BCUT2D eigenvalue weighted by Gasteiger charge is -2.11. The molecule has 0 atom stereocenters. The Bertz CT molecular complexity index is 567. The SMILES string of the molecule is Oc1cc2ccccc2cc1OCOCC(F)(F)F. The summed E-state index contributed by atoms with van der Waals surface area (Å²) < 4.78 is 44.8.